The maximum atomic E-state index is 6.20. The Hall–Kier alpha value is -1.22. The Balaban J connectivity index is 1.89. The molecule has 0 saturated carbocycles. The van der Waals surface area contributed by atoms with E-state index in [0.717, 1.165) is 42.1 Å². The SMILES string of the molecule is CC(C)C1CCCN(c2nc3ccccn3c2CCl)CC1. The van der Waals surface area contributed by atoms with Crippen molar-refractivity contribution >= 4 is 23.1 Å². The summed E-state index contributed by atoms with van der Waals surface area (Å²) in [5, 5.41) is 0. The number of nitrogens with zero attached hydrogens (tertiary/aromatic N) is 3. The van der Waals surface area contributed by atoms with Crippen molar-refractivity contribution in [3.8, 4) is 0 Å². The number of alkyl halides is 1. The number of anilines is 1. The van der Waals surface area contributed by atoms with Gasteiger partial charge in [0, 0.05) is 19.3 Å². The van der Waals surface area contributed by atoms with Crippen LogP contribution in [-0.2, 0) is 5.88 Å². The van der Waals surface area contributed by atoms with E-state index < -0.39 is 0 Å². The molecular weight excluding hydrogens is 282 g/mol. The van der Waals surface area contributed by atoms with Crippen molar-refractivity contribution < 1.29 is 0 Å². The number of hydrogen-bond donors (Lipinski definition) is 0. The summed E-state index contributed by atoms with van der Waals surface area (Å²) in [6, 6.07) is 6.11. The van der Waals surface area contributed by atoms with Crippen LogP contribution in [0.5, 0.6) is 0 Å². The van der Waals surface area contributed by atoms with Gasteiger partial charge in [-0.15, -0.1) is 11.6 Å². The molecule has 1 atom stereocenters. The molecule has 3 heterocycles. The number of pyridine rings is 1. The average Bonchev–Trinajstić information content (AvgIpc) is 2.68. The van der Waals surface area contributed by atoms with E-state index in [9.17, 15) is 0 Å². The largest absolute Gasteiger partial charge is 0.355 e. The predicted molar refractivity (Wildman–Crippen MR) is 89.1 cm³/mol. The first-order valence-electron chi connectivity index (χ1n) is 7.97. The molecule has 3 rings (SSSR count). The fourth-order valence-electron chi connectivity index (χ4n) is 3.41. The lowest BCUT2D eigenvalue weighted by Gasteiger charge is -2.22. The first-order valence-corrected chi connectivity index (χ1v) is 8.51. The molecule has 0 aliphatic carbocycles. The molecule has 0 aromatic carbocycles. The zero-order chi connectivity index (χ0) is 14.8. The van der Waals surface area contributed by atoms with Crippen LogP contribution in [0.3, 0.4) is 0 Å². The molecule has 114 valence electrons. The zero-order valence-electron chi connectivity index (χ0n) is 12.9. The van der Waals surface area contributed by atoms with Crippen molar-refractivity contribution in [2.75, 3.05) is 18.0 Å². The molecule has 0 N–H and O–H groups in total. The normalized spacial score (nSPS) is 20.2. The smallest absolute Gasteiger partial charge is 0.152 e. The number of hydrogen-bond acceptors (Lipinski definition) is 2. The third-order valence-corrected chi connectivity index (χ3v) is 5.00. The molecule has 3 nitrogen and oxygen atoms in total. The fourth-order valence-corrected chi connectivity index (χ4v) is 3.66. The van der Waals surface area contributed by atoms with E-state index in [-0.39, 0.29) is 0 Å². The summed E-state index contributed by atoms with van der Waals surface area (Å²) in [6.07, 6.45) is 5.89. The number of fused-ring (bicyclic) bond motifs is 1. The molecule has 0 radical (unpaired) electrons. The highest BCUT2D eigenvalue weighted by Gasteiger charge is 2.23. The van der Waals surface area contributed by atoms with Crippen LogP contribution in [0.25, 0.3) is 5.65 Å². The second kappa shape index (κ2) is 6.27. The zero-order valence-corrected chi connectivity index (χ0v) is 13.7. The maximum absolute atomic E-state index is 6.20. The van der Waals surface area contributed by atoms with Gasteiger partial charge in [0.15, 0.2) is 5.82 Å². The minimum absolute atomic E-state index is 0.505. The molecule has 0 spiro atoms. The van der Waals surface area contributed by atoms with E-state index in [1.807, 2.05) is 18.2 Å². The summed E-state index contributed by atoms with van der Waals surface area (Å²) in [4.78, 5) is 7.26. The van der Waals surface area contributed by atoms with E-state index in [1.165, 1.54) is 19.3 Å². The Morgan fingerprint density at radius 1 is 1.29 bits per heavy atom. The fraction of sp³-hybridized carbons (Fsp3) is 0.588. The highest BCUT2D eigenvalue weighted by Crippen LogP contribution is 2.29. The number of halogens is 1. The second-order valence-electron chi connectivity index (χ2n) is 6.37. The highest BCUT2D eigenvalue weighted by atomic mass is 35.5. The first kappa shape index (κ1) is 14.7. The summed E-state index contributed by atoms with van der Waals surface area (Å²) in [6.45, 7) is 6.87. The van der Waals surface area contributed by atoms with Gasteiger partial charge in [-0.2, -0.15) is 0 Å². The molecule has 4 heteroatoms. The summed E-state index contributed by atoms with van der Waals surface area (Å²) in [7, 11) is 0. The van der Waals surface area contributed by atoms with Crippen molar-refractivity contribution in [3.63, 3.8) is 0 Å². The molecule has 1 unspecified atom stereocenters. The van der Waals surface area contributed by atoms with E-state index in [4.69, 9.17) is 16.6 Å². The lowest BCUT2D eigenvalue weighted by molar-refractivity contribution is 0.351. The monoisotopic (exact) mass is 305 g/mol. The molecule has 2 aromatic rings. The summed E-state index contributed by atoms with van der Waals surface area (Å²) in [5.74, 6) is 3.20. The van der Waals surface area contributed by atoms with E-state index in [0.29, 0.717) is 5.88 Å². The van der Waals surface area contributed by atoms with Crippen LogP contribution in [0.2, 0.25) is 0 Å². The standard InChI is InChI=1S/C17H24ClN3/c1-13(2)14-6-5-9-20(11-8-14)17-15(12-18)21-10-4-3-7-16(21)19-17/h3-4,7,10,13-14H,5-6,8-9,11-12H2,1-2H3. The molecule has 1 aliphatic heterocycles. The van der Waals surface area contributed by atoms with Crippen LogP contribution in [0.4, 0.5) is 5.82 Å². The minimum Gasteiger partial charge on any atom is -0.355 e. The third kappa shape index (κ3) is 2.89. The molecule has 1 fully saturated rings. The summed E-state index contributed by atoms with van der Waals surface area (Å²) < 4.78 is 2.12. The van der Waals surface area contributed by atoms with Crippen LogP contribution < -0.4 is 4.90 Å². The van der Waals surface area contributed by atoms with Crippen LogP contribution in [-0.4, -0.2) is 22.5 Å². The Kier molecular flexibility index (Phi) is 4.39. The summed E-state index contributed by atoms with van der Waals surface area (Å²) in [5.41, 5.74) is 2.11. The molecule has 2 aromatic heterocycles. The average molecular weight is 306 g/mol. The third-order valence-electron chi connectivity index (χ3n) is 4.75. The molecule has 1 aliphatic rings. The Morgan fingerprint density at radius 2 is 2.14 bits per heavy atom. The van der Waals surface area contributed by atoms with Gasteiger partial charge in [0.1, 0.15) is 5.65 Å². The van der Waals surface area contributed by atoms with Gasteiger partial charge < -0.3 is 9.30 Å². The van der Waals surface area contributed by atoms with Gasteiger partial charge in [-0.3, -0.25) is 0 Å². The number of rotatable bonds is 3. The van der Waals surface area contributed by atoms with Gasteiger partial charge in [0.2, 0.25) is 0 Å². The van der Waals surface area contributed by atoms with Crippen molar-refractivity contribution in [1.29, 1.82) is 0 Å². The predicted octanol–water partition coefficient (Wildman–Crippen LogP) is 4.34. The van der Waals surface area contributed by atoms with Crippen molar-refractivity contribution in [3.05, 3.63) is 30.1 Å². The minimum atomic E-state index is 0.505. The van der Waals surface area contributed by atoms with Crippen LogP contribution in [0.1, 0.15) is 38.8 Å². The van der Waals surface area contributed by atoms with Crippen LogP contribution >= 0.6 is 11.6 Å². The Labute approximate surface area is 131 Å². The van der Waals surface area contributed by atoms with Crippen molar-refractivity contribution in [2.24, 2.45) is 11.8 Å². The van der Waals surface area contributed by atoms with Gasteiger partial charge in [-0.1, -0.05) is 19.9 Å². The molecule has 0 bridgehead atoms. The first-order chi connectivity index (χ1) is 10.2. The maximum Gasteiger partial charge on any atom is 0.152 e. The summed E-state index contributed by atoms with van der Waals surface area (Å²) >= 11 is 6.20. The van der Waals surface area contributed by atoms with E-state index >= 15 is 0 Å². The molecule has 1 saturated heterocycles. The lowest BCUT2D eigenvalue weighted by Crippen LogP contribution is -2.26. The van der Waals surface area contributed by atoms with Crippen LogP contribution in [0, 0.1) is 11.8 Å². The van der Waals surface area contributed by atoms with E-state index in [2.05, 4.69) is 29.3 Å². The lowest BCUT2D eigenvalue weighted by atomic mass is 9.89. The molecule has 0 amide bonds. The van der Waals surface area contributed by atoms with Crippen LogP contribution in [0.15, 0.2) is 24.4 Å². The molecular formula is C17H24ClN3. The van der Waals surface area contributed by atoms with Gasteiger partial charge in [0.05, 0.1) is 11.6 Å². The number of imidazole rings is 1. The van der Waals surface area contributed by atoms with Gasteiger partial charge in [-0.05, 0) is 43.2 Å². The number of aromatic nitrogens is 2. The molecule has 21 heavy (non-hydrogen) atoms. The van der Waals surface area contributed by atoms with E-state index in [1.54, 1.807) is 0 Å². The van der Waals surface area contributed by atoms with Gasteiger partial charge in [0.25, 0.3) is 0 Å². The van der Waals surface area contributed by atoms with Gasteiger partial charge >= 0.3 is 0 Å². The quantitative estimate of drug-likeness (QED) is 0.787. The van der Waals surface area contributed by atoms with Crippen molar-refractivity contribution in [1.82, 2.24) is 9.38 Å². The Bertz CT molecular complexity index is 605. The second-order valence-corrected chi connectivity index (χ2v) is 6.63. The van der Waals surface area contributed by atoms with Gasteiger partial charge in [-0.25, -0.2) is 4.98 Å². The van der Waals surface area contributed by atoms with Crippen molar-refractivity contribution in [2.45, 2.75) is 39.0 Å². The topological polar surface area (TPSA) is 20.5 Å². The Morgan fingerprint density at radius 3 is 2.90 bits per heavy atom. The highest BCUT2D eigenvalue weighted by molar-refractivity contribution is 6.17.